The molecule has 1 N–H and O–H groups in total. The first-order valence-electron chi connectivity index (χ1n) is 6.88. The lowest BCUT2D eigenvalue weighted by molar-refractivity contribution is 0.148. The molecule has 0 unspecified atom stereocenters. The predicted octanol–water partition coefficient (Wildman–Crippen LogP) is 3.60. The zero-order chi connectivity index (χ0) is 13.1. The molecule has 21 heavy (non-hydrogen) atoms. The molecular formula is C16H21Cl2FN2. The molecule has 3 rings (SSSR count). The van der Waals surface area contributed by atoms with Gasteiger partial charge in [0.25, 0.3) is 0 Å². The van der Waals surface area contributed by atoms with Crippen LogP contribution in [0, 0.1) is 0 Å². The molecule has 5 heteroatoms. The second-order valence-corrected chi connectivity index (χ2v) is 5.02. The van der Waals surface area contributed by atoms with Crippen LogP contribution in [-0.4, -0.2) is 37.8 Å². The smallest absolute Gasteiger partial charge is 0.109 e. The van der Waals surface area contributed by atoms with Gasteiger partial charge in [-0.1, -0.05) is 42.5 Å². The fraction of sp³-hybridized carbons (Fsp3) is 0.375. The molecule has 2 aromatic rings. The summed E-state index contributed by atoms with van der Waals surface area (Å²) in [5.74, 6) is 0. The highest BCUT2D eigenvalue weighted by atomic mass is 35.5. The molecule has 1 aliphatic heterocycles. The Balaban J connectivity index is 0.00000110. The number of hydrogen-bond acceptors (Lipinski definition) is 2. The Labute approximate surface area is 137 Å². The van der Waals surface area contributed by atoms with Crippen LogP contribution in [0.4, 0.5) is 4.39 Å². The molecule has 2 aromatic carbocycles. The van der Waals surface area contributed by atoms with E-state index in [0.717, 1.165) is 31.7 Å². The molecular weight excluding hydrogens is 310 g/mol. The standard InChI is InChI=1S/C16H19FN2.2ClH/c17-12-16(19-10-8-18-9-11-19)15-7-3-5-13-4-1-2-6-14(13)15;;/h1-7,16,18H,8-12H2;2*1H/t16-;;/m0../s1. The lowest BCUT2D eigenvalue weighted by Crippen LogP contribution is -2.45. The second-order valence-electron chi connectivity index (χ2n) is 5.02. The largest absolute Gasteiger partial charge is 0.314 e. The Hall–Kier alpha value is -0.870. The molecule has 2 nitrogen and oxygen atoms in total. The van der Waals surface area contributed by atoms with Crippen molar-refractivity contribution in [2.24, 2.45) is 0 Å². The summed E-state index contributed by atoms with van der Waals surface area (Å²) in [6, 6.07) is 14.3. The van der Waals surface area contributed by atoms with Crippen molar-refractivity contribution in [2.45, 2.75) is 6.04 Å². The highest BCUT2D eigenvalue weighted by Crippen LogP contribution is 2.28. The first kappa shape index (κ1) is 18.2. The summed E-state index contributed by atoms with van der Waals surface area (Å²) >= 11 is 0. The second kappa shape index (κ2) is 8.54. The molecule has 0 amide bonds. The zero-order valence-corrected chi connectivity index (χ0v) is 13.4. The summed E-state index contributed by atoms with van der Waals surface area (Å²) in [6.45, 7) is 3.39. The third-order valence-electron chi connectivity index (χ3n) is 3.92. The minimum atomic E-state index is -0.325. The van der Waals surface area contributed by atoms with E-state index in [9.17, 15) is 4.39 Å². The third-order valence-corrected chi connectivity index (χ3v) is 3.92. The maximum Gasteiger partial charge on any atom is 0.109 e. The van der Waals surface area contributed by atoms with E-state index in [1.807, 2.05) is 18.2 Å². The van der Waals surface area contributed by atoms with E-state index >= 15 is 0 Å². The molecule has 0 saturated carbocycles. The highest BCUT2D eigenvalue weighted by Gasteiger charge is 2.23. The molecule has 1 saturated heterocycles. The summed E-state index contributed by atoms with van der Waals surface area (Å²) in [5.41, 5.74) is 1.11. The number of piperazine rings is 1. The Morgan fingerprint density at radius 1 is 1.00 bits per heavy atom. The first-order valence-corrected chi connectivity index (χ1v) is 6.88. The van der Waals surface area contributed by atoms with E-state index in [1.165, 1.54) is 10.8 Å². The van der Waals surface area contributed by atoms with Crippen molar-refractivity contribution in [1.82, 2.24) is 10.2 Å². The number of alkyl halides is 1. The van der Waals surface area contributed by atoms with Crippen LogP contribution in [0.5, 0.6) is 0 Å². The molecule has 0 bridgehead atoms. The zero-order valence-electron chi connectivity index (χ0n) is 11.8. The van der Waals surface area contributed by atoms with Crippen LogP contribution in [0.3, 0.4) is 0 Å². The lowest BCUT2D eigenvalue weighted by Gasteiger charge is -2.34. The number of fused-ring (bicyclic) bond motifs is 1. The van der Waals surface area contributed by atoms with Crippen molar-refractivity contribution in [1.29, 1.82) is 0 Å². The van der Waals surface area contributed by atoms with Gasteiger partial charge >= 0.3 is 0 Å². The van der Waals surface area contributed by atoms with Crippen LogP contribution in [0.1, 0.15) is 11.6 Å². The molecule has 116 valence electrons. The van der Waals surface area contributed by atoms with Gasteiger partial charge in [-0.05, 0) is 16.3 Å². The molecule has 1 atom stereocenters. The molecule has 0 spiro atoms. The molecule has 0 radical (unpaired) electrons. The van der Waals surface area contributed by atoms with Crippen LogP contribution in [-0.2, 0) is 0 Å². The van der Waals surface area contributed by atoms with Crippen LogP contribution in [0.25, 0.3) is 10.8 Å². The summed E-state index contributed by atoms with van der Waals surface area (Å²) in [5, 5.41) is 5.68. The maximum atomic E-state index is 13.6. The third kappa shape index (κ3) is 3.86. The van der Waals surface area contributed by atoms with Crippen LogP contribution < -0.4 is 5.32 Å². The van der Waals surface area contributed by atoms with E-state index in [2.05, 4.69) is 34.5 Å². The summed E-state index contributed by atoms with van der Waals surface area (Å²) < 4.78 is 13.6. The Kier molecular flexibility index (Phi) is 7.40. The van der Waals surface area contributed by atoms with Gasteiger partial charge < -0.3 is 5.32 Å². The fourth-order valence-corrected chi connectivity index (χ4v) is 2.91. The first-order chi connectivity index (χ1) is 9.40. The normalized spacial score (nSPS) is 16.8. The van der Waals surface area contributed by atoms with E-state index in [4.69, 9.17) is 0 Å². The molecule has 0 aliphatic carbocycles. The van der Waals surface area contributed by atoms with E-state index in [-0.39, 0.29) is 37.5 Å². The van der Waals surface area contributed by atoms with E-state index in [0.29, 0.717) is 0 Å². The highest BCUT2D eigenvalue weighted by molar-refractivity contribution is 5.86. The molecule has 1 aliphatic rings. The van der Waals surface area contributed by atoms with Crippen molar-refractivity contribution < 1.29 is 4.39 Å². The molecule has 1 fully saturated rings. The Morgan fingerprint density at radius 2 is 1.67 bits per heavy atom. The van der Waals surface area contributed by atoms with Gasteiger partial charge in [0.1, 0.15) is 6.67 Å². The Morgan fingerprint density at radius 3 is 2.38 bits per heavy atom. The number of nitrogens with zero attached hydrogens (tertiary/aromatic N) is 1. The van der Waals surface area contributed by atoms with Gasteiger partial charge in [0.05, 0.1) is 6.04 Å². The molecule has 0 aromatic heterocycles. The predicted molar refractivity (Wildman–Crippen MR) is 91.6 cm³/mol. The number of rotatable bonds is 3. The van der Waals surface area contributed by atoms with Crippen molar-refractivity contribution in [2.75, 3.05) is 32.9 Å². The SMILES string of the molecule is Cl.Cl.FC[C@@H](c1cccc2ccccc12)N1CCNCC1. The quantitative estimate of drug-likeness (QED) is 0.924. The van der Waals surface area contributed by atoms with Crippen LogP contribution in [0.15, 0.2) is 42.5 Å². The minimum absolute atomic E-state index is 0. The summed E-state index contributed by atoms with van der Waals surface area (Å²) in [4.78, 5) is 2.25. The Bertz CT molecular complexity index is 553. The van der Waals surface area contributed by atoms with Gasteiger partial charge in [-0.15, -0.1) is 24.8 Å². The maximum absolute atomic E-state index is 13.6. The average molecular weight is 331 g/mol. The minimum Gasteiger partial charge on any atom is -0.314 e. The van der Waals surface area contributed by atoms with Gasteiger partial charge in [-0.3, -0.25) is 4.90 Å². The van der Waals surface area contributed by atoms with Crippen molar-refractivity contribution in [3.63, 3.8) is 0 Å². The van der Waals surface area contributed by atoms with Gasteiger partial charge in [-0.2, -0.15) is 0 Å². The van der Waals surface area contributed by atoms with E-state index in [1.54, 1.807) is 0 Å². The van der Waals surface area contributed by atoms with Gasteiger partial charge in [-0.25, -0.2) is 4.39 Å². The monoisotopic (exact) mass is 330 g/mol. The van der Waals surface area contributed by atoms with Crippen molar-refractivity contribution >= 4 is 35.6 Å². The van der Waals surface area contributed by atoms with E-state index < -0.39 is 0 Å². The van der Waals surface area contributed by atoms with Gasteiger partial charge in [0.15, 0.2) is 0 Å². The van der Waals surface area contributed by atoms with Gasteiger partial charge in [0, 0.05) is 26.2 Å². The van der Waals surface area contributed by atoms with Crippen molar-refractivity contribution in [3.05, 3.63) is 48.0 Å². The summed E-state index contributed by atoms with van der Waals surface area (Å²) in [7, 11) is 0. The molecule has 1 heterocycles. The summed E-state index contributed by atoms with van der Waals surface area (Å²) in [6.07, 6.45) is 0. The fourth-order valence-electron chi connectivity index (χ4n) is 2.91. The van der Waals surface area contributed by atoms with Crippen LogP contribution >= 0.6 is 24.8 Å². The lowest BCUT2D eigenvalue weighted by atomic mass is 9.98. The van der Waals surface area contributed by atoms with Gasteiger partial charge in [0.2, 0.25) is 0 Å². The average Bonchev–Trinajstić information content (AvgIpc) is 2.49. The van der Waals surface area contributed by atoms with Crippen molar-refractivity contribution in [3.8, 4) is 0 Å². The number of benzene rings is 2. The topological polar surface area (TPSA) is 15.3 Å². The number of nitrogens with one attached hydrogen (secondary N) is 1. The van der Waals surface area contributed by atoms with Crippen LogP contribution in [0.2, 0.25) is 0 Å². The number of hydrogen-bond donors (Lipinski definition) is 1. The number of halogens is 3.